The van der Waals surface area contributed by atoms with Crippen LogP contribution in [0.4, 0.5) is 0 Å². The highest BCUT2D eigenvalue weighted by Crippen LogP contribution is 2.17. The number of pyridine rings is 1. The van der Waals surface area contributed by atoms with Crippen molar-refractivity contribution >= 4 is 23.1 Å². The third-order valence-electron chi connectivity index (χ3n) is 3.51. The Morgan fingerprint density at radius 1 is 1.29 bits per heavy atom. The minimum Gasteiger partial charge on any atom is -0.284 e. The van der Waals surface area contributed by atoms with Crippen molar-refractivity contribution in [2.45, 2.75) is 20.4 Å². The van der Waals surface area contributed by atoms with Gasteiger partial charge >= 0.3 is 5.69 Å². The van der Waals surface area contributed by atoms with Crippen LogP contribution in [-0.2, 0) is 6.54 Å². The molecular weight excluding hydrogens is 282 g/mol. The molecule has 0 aliphatic heterocycles. The van der Waals surface area contributed by atoms with Gasteiger partial charge in [0.05, 0.1) is 16.6 Å². The fourth-order valence-electron chi connectivity index (χ4n) is 2.50. The summed E-state index contributed by atoms with van der Waals surface area (Å²) in [5.41, 5.74) is 2.61. The number of fused-ring (bicyclic) bond motifs is 1. The number of hydrogen-bond donors (Lipinski definition) is 0. The summed E-state index contributed by atoms with van der Waals surface area (Å²) in [6.07, 6.45) is 3.40. The summed E-state index contributed by atoms with van der Waals surface area (Å²) in [6.45, 7) is 4.46. The minimum atomic E-state index is -0.119. The lowest BCUT2D eigenvalue weighted by atomic mass is 10.2. The van der Waals surface area contributed by atoms with Crippen molar-refractivity contribution in [1.82, 2.24) is 14.1 Å². The second-order valence-corrected chi connectivity index (χ2v) is 5.29. The van der Waals surface area contributed by atoms with Gasteiger partial charge in [-0.05, 0) is 37.6 Å². The summed E-state index contributed by atoms with van der Waals surface area (Å²) in [6, 6.07) is 9.70. The van der Waals surface area contributed by atoms with E-state index in [2.05, 4.69) is 4.98 Å². The molecule has 0 fully saturated rings. The molecule has 0 aliphatic rings. The molecule has 5 heteroatoms. The highest BCUT2D eigenvalue weighted by atomic mass is 32.1. The van der Waals surface area contributed by atoms with Gasteiger partial charge < -0.3 is 0 Å². The lowest BCUT2D eigenvalue weighted by Gasteiger charge is -2.14. The molecule has 4 nitrogen and oxygen atoms in total. The van der Waals surface area contributed by atoms with Crippen molar-refractivity contribution in [2.75, 3.05) is 0 Å². The molecule has 21 heavy (non-hydrogen) atoms. The average Bonchev–Trinajstić information content (AvgIpc) is 2.48. The van der Waals surface area contributed by atoms with E-state index in [0.29, 0.717) is 11.2 Å². The van der Waals surface area contributed by atoms with Crippen molar-refractivity contribution < 1.29 is 0 Å². The van der Waals surface area contributed by atoms with E-state index in [-0.39, 0.29) is 5.69 Å². The molecule has 0 spiro atoms. The Kier molecular flexibility index (Phi) is 3.43. The number of benzene rings is 1. The monoisotopic (exact) mass is 297 g/mol. The summed E-state index contributed by atoms with van der Waals surface area (Å²) in [5, 5.41) is 0.815. The van der Waals surface area contributed by atoms with E-state index in [1.54, 1.807) is 21.5 Å². The van der Waals surface area contributed by atoms with Crippen LogP contribution in [-0.4, -0.2) is 14.1 Å². The molecule has 0 bridgehead atoms. The molecule has 0 unspecified atom stereocenters. The second-order valence-electron chi connectivity index (χ2n) is 4.90. The van der Waals surface area contributed by atoms with Gasteiger partial charge in [-0.3, -0.25) is 14.1 Å². The van der Waals surface area contributed by atoms with Gasteiger partial charge in [0.25, 0.3) is 0 Å². The van der Waals surface area contributed by atoms with Crippen LogP contribution < -0.4 is 5.69 Å². The van der Waals surface area contributed by atoms with Crippen molar-refractivity contribution in [3.8, 4) is 5.69 Å². The number of aromatic nitrogens is 3. The number of nitrogens with zero attached hydrogens (tertiary/aromatic N) is 3. The van der Waals surface area contributed by atoms with E-state index < -0.39 is 0 Å². The first-order valence-electron chi connectivity index (χ1n) is 6.80. The summed E-state index contributed by atoms with van der Waals surface area (Å²) < 4.78 is 3.83. The molecule has 106 valence electrons. The van der Waals surface area contributed by atoms with Gasteiger partial charge in [-0.25, -0.2) is 4.79 Å². The normalized spacial score (nSPS) is 11.0. The first-order valence-corrected chi connectivity index (χ1v) is 7.21. The SMILES string of the molecule is CCn1c(=S)c2cnccc2n(-c2cccc(C)c2)c1=O. The van der Waals surface area contributed by atoms with Gasteiger partial charge in [0.15, 0.2) is 0 Å². The molecule has 1 aromatic carbocycles. The zero-order valence-corrected chi connectivity index (χ0v) is 12.7. The fraction of sp³-hybridized carbons (Fsp3) is 0.188. The summed E-state index contributed by atoms with van der Waals surface area (Å²) in [5.74, 6) is 0. The van der Waals surface area contributed by atoms with Crippen LogP contribution in [0.5, 0.6) is 0 Å². The second kappa shape index (κ2) is 5.26. The maximum Gasteiger partial charge on any atom is 0.334 e. The summed E-state index contributed by atoms with van der Waals surface area (Å²) in [4.78, 5) is 16.9. The fourth-order valence-corrected chi connectivity index (χ4v) is 2.86. The van der Waals surface area contributed by atoms with Gasteiger partial charge in [0.1, 0.15) is 4.64 Å². The quantitative estimate of drug-likeness (QED) is 0.682. The van der Waals surface area contributed by atoms with E-state index in [4.69, 9.17) is 12.2 Å². The minimum absolute atomic E-state index is 0.119. The van der Waals surface area contributed by atoms with Crippen molar-refractivity contribution in [2.24, 2.45) is 0 Å². The predicted octanol–water partition coefficient (Wildman–Crippen LogP) is 3.25. The maximum absolute atomic E-state index is 12.8. The summed E-state index contributed by atoms with van der Waals surface area (Å²) in [7, 11) is 0. The standard InChI is InChI=1S/C16H15N3OS/c1-3-18-15(21)13-10-17-8-7-14(13)19(16(18)20)12-6-4-5-11(2)9-12/h4-10H,3H2,1-2H3. The molecule has 2 heterocycles. The van der Waals surface area contributed by atoms with Crippen LogP contribution in [0.2, 0.25) is 0 Å². The molecule has 0 N–H and O–H groups in total. The van der Waals surface area contributed by atoms with Crippen LogP contribution in [0.1, 0.15) is 12.5 Å². The third kappa shape index (κ3) is 2.19. The van der Waals surface area contributed by atoms with Crippen LogP contribution in [0.15, 0.2) is 47.5 Å². The van der Waals surface area contributed by atoms with E-state index in [1.807, 2.05) is 44.2 Å². The predicted molar refractivity (Wildman–Crippen MR) is 86.6 cm³/mol. The van der Waals surface area contributed by atoms with Gasteiger partial charge in [-0.2, -0.15) is 0 Å². The molecule has 0 saturated carbocycles. The molecule has 2 aromatic heterocycles. The molecule has 0 radical (unpaired) electrons. The molecular formula is C16H15N3OS. The molecule has 0 atom stereocenters. The smallest absolute Gasteiger partial charge is 0.284 e. The Bertz CT molecular complexity index is 940. The first kappa shape index (κ1) is 13.7. The van der Waals surface area contributed by atoms with Crippen LogP contribution >= 0.6 is 12.2 Å². The maximum atomic E-state index is 12.8. The van der Waals surface area contributed by atoms with E-state index in [1.165, 1.54) is 0 Å². The zero-order chi connectivity index (χ0) is 15.0. The molecule has 3 rings (SSSR count). The largest absolute Gasteiger partial charge is 0.334 e. The number of hydrogen-bond acceptors (Lipinski definition) is 3. The Morgan fingerprint density at radius 3 is 2.81 bits per heavy atom. The molecule has 0 saturated heterocycles. The molecule has 0 aliphatic carbocycles. The zero-order valence-electron chi connectivity index (χ0n) is 11.9. The lowest BCUT2D eigenvalue weighted by molar-refractivity contribution is 0.675. The highest BCUT2D eigenvalue weighted by molar-refractivity contribution is 7.71. The van der Waals surface area contributed by atoms with Crippen molar-refractivity contribution in [3.05, 3.63) is 63.4 Å². The topological polar surface area (TPSA) is 39.8 Å². The van der Waals surface area contributed by atoms with Gasteiger partial charge in [0.2, 0.25) is 0 Å². The van der Waals surface area contributed by atoms with Gasteiger partial charge in [0, 0.05) is 18.9 Å². The Morgan fingerprint density at radius 2 is 2.10 bits per heavy atom. The van der Waals surface area contributed by atoms with Crippen molar-refractivity contribution in [1.29, 1.82) is 0 Å². The number of aryl methyl sites for hydroxylation is 1. The van der Waals surface area contributed by atoms with Crippen LogP contribution in [0.25, 0.3) is 16.6 Å². The van der Waals surface area contributed by atoms with Crippen molar-refractivity contribution in [3.63, 3.8) is 0 Å². The Hall–Kier alpha value is -2.27. The van der Waals surface area contributed by atoms with Gasteiger partial charge in [-0.1, -0.05) is 24.4 Å². The van der Waals surface area contributed by atoms with Gasteiger partial charge in [-0.15, -0.1) is 0 Å². The Labute approximate surface area is 127 Å². The summed E-state index contributed by atoms with van der Waals surface area (Å²) >= 11 is 5.43. The van der Waals surface area contributed by atoms with Crippen LogP contribution in [0.3, 0.4) is 0 Å². The van der Waals surface area contributed by atoms with E-state index in [0.717, 1.165) is 22.2 Å². The number of rotatable bonds is 2. The molecule has 3 aromatic rings. The lowest BCUT2D eigenvalue weighted by Crippen LogP contribution is -2.30. The Balaban J connectivity index is 2.53. The molecule has 0 amide bonds. The average molecular weight is 297 g/mol. The van der Waals surface area contributed by atoms with E-state index in [9.17, 15) is 4.79 Å². The van der Waals surface area contributed by atoms with E-state index >= 15 is 0 Å². The van der Waals surface area contributed by atoms with Crippen LogP contribution in [0, 0.1) is 11.6 Å². The highest BCUT2D eigenvalue weighted by Gasteiger charge is 2.11. The third-order valence-corrected chi connectivity index (χ3v) is 3.95. The first-order chi connectivity index (χ1) is 10.1.